The van der Waals surface area contributed by atoms with Gasteiger partial charge in [-0.3, -0.25) is 0 Å². The minimum Gasteiger partial charge on any atom is -0.493 e. The molecule has 0 aliphatic carbocycles. The van der Waals surface area contributed by atoms with E-state index in [4.69, 9.17) is 21.1 Å². The van der Waals surface area contributed by atoms with E-state index in [1.54, 1.807) is 13.4 Å². The van der Waals surface area contributed by atoms with Crippen molar-refractivity contribution in [3.8, 4) is 11.5 Å². The van der Waals surface area contributed by atoms with Gasteiger partial charge in [-0.1, -0.05) is 12.1 Å². The maximum Gasteiger partial charge on any atom is 0.161 e. The third-order valence-electron chi connectivity index (χ3n) is 2.50. The number of hydrogen-bond acceptors (Lipinski definition) is 3. The van der Waals surface area contributed by atoms with Crippen molar-refractivity contribution in [2.24, 2.45) is 0 Å². The molecule has 1 heterocycles. The summed E-state index contributed by atoms with van der Waals surface area (Å²) in [7, 11) is 1.63. The van der Waals surface area contributed by atoms with Gasteiger partial charge in [0.05, 0.1) is 31.6 Å². The van der Waals surface area contributed by atoms with Crippen LogP contribution in [0.4, 0.5) is 0 Å². The summed E-state index contributed by atoms with van der Waals surface area (Å²) in [6.07, 6.45) is 3.67. The van der Waals surface area contributed by atoms with Crippen LogP contribution in [-0.4, -0.2) is 23.3 Å². The van der Waals surface area contributed by atoms with Crippen LogP contribution in [0.2, 0.25) is 0 Å². The first kappa shape index (κ1) is 12.8. The summed E-state index contributed by atoms with van der Waals surface area (Å²) < 4.78 is 12.8. The summed E-state index contributed by atoms with van der Waals surface area (Å²) in [5, 5.41) is 0. The van der Waals surface area contributed by atoms with Crippen LogP contribution in [0.3, 0.4) is 0 Å². The Morgan fingerprint density at radius 1 is 1.28 bits per heavy atom. The average molecular weight is 267 g/mol. The van der Waals surface area contributed by atoms with Gasteiger partial charge in [0, 0.05) is 6.20 Å². The molecule has 0 atom stereocenters. The highest BCUT2D eigenvalue weighted by atomic mass is 35.5. The Balaban J connectivity index is 1.88. The SMILES string of the molecule is COc1ccccc1OCCn1cnc(CCl)c1. The molecule has 0 spiro atoms. The minimum atomic E-state index is 0.431. The number of hydrogen-bond donors (Lipinski definition) is 0. The molecule has 0 aliphatic heterocycles. The van der Waals surface area contributed by atoms with Gasteiger partial charge in [0.1, 0.15) is 6.61 Å². The lowest BCUT2D eigenvalue weighted by molar-refractivity contribution is 0.279. The summed E-state index contributed by atoms with van der Waals surface area (Å²) in [4.78, 5) is 4.14. The molecule has 0 amide bonds. The van der Waals surface area contributed by atoms with E-state index in [2.05, 4.69) is 4.98 Å². The summed E-state index contributed by atoms with van der Waals surface area (Å²) in [5.74, 6) is 1.92. The van der Waals surface area contributed by atoms with Crippen LogP contribution in [0, 0.1) is 0 Å². The van der Waals surface area contributed by atoms with Crippen molar-refractivity contribution in [2.75, 3.05) is 13.7 Å². The average Bonchev–Trinajstić information content (AvgIpc) is 2.87. The van der Waals surface area contributed by atoms with E-state index in [0.29, 0.717) is 12.5 Å². The number of alkyl halides is 1. The zero-order valence-electron chi connectivity index (χ0n) is 10.2. The van der Waals surface area contributed by atoms with Crippen LogP contribution in [0.15, 0.2) is 36.8 Å². The van der Waals surface area contributed by atoms with Crippen LogP contribution >= 0.6 is 11.6 Å². The smallest absolute Gasteiger partial charge is 0.161 e. The molecule has 1 aromatic carbocycles. The van der Waals surface area contributed by atoms with Gasteiger partial charge < -0.3 is 14.0 Å². The van der Waals surface area contributed by atoms with Crippen molar-refractivity contribution < 1.29 is 9.47 Å². The van der Waals surface area contributed by atoms with Gasteiger partial charge in [-0.05, 0) is 12.1 Å². The lowest BCUT2D eigenvalue weighted by Crippen LogP contribution is -2.07. The molecule has 0 unspecified atom stereocenters. The van der Waals surface area contributed by atoms with Crippen molar-refractivity contribution in [1.29, 1.82) is 0 Å². The molecule has 0 fully saturated rings. The summed E-state index contributed by atoms with van der Waals surface area (Å²) in [6, 6.07) is 7.59. The van der Waals surface area contributed by atoms with E-state index in [1.807, 2.05) is 35.0 Å². The summed E-state index contributed by atoms with van der Waals surface area (Å²) in [6.45, 7) is 1.28. The zero-order valence-corrected chi connectivity index (χ0v) is 10.9. The molecule has 0 radical (unpaired) electrons. The highest BCUT2D eigenvalue weighted by Gasteiger charge is 2.02. The molecule has 5 heteroatoms. The van der Waals surface area contributed by atoms with E-state index in [-0.39, 0.29) is 0 Å². The topological polar surface area (TPSA) is 36.3 Å². The number of aromatic nitrogens is 2. The van der Waals surface area contributed by atoms with Crippen molar-refractivity contribution in [2.45, 2.75) is 12.4 Å². The number of methoxy groups -OCH3 is 1. The Hall–Kier alpha value is -1.68. The Bertz CT molecular complexity index is 499. The van der Waals surface area contributed by atoms with Crippen molar-refractivity contribution >= 4 is 11.6 Å². The first-order valence-corrected chi connectivity index (χ1v) is 6.19. The molecule has 0 aliphatic rings. The molecule has 0 saturated carbocycles. The predicted octanol–water partition coefficient (Wildman–Crippen LogP) is 2.71. The molecule has 2 aromatic rings. The van der Waals surface area contributed by atoms with Gasteiger partial charge in [0.15, 0.2) is 11.5 Å². The number of rotatable bonds is 6. The quantitative estimate of drug-likeness (QED) is 0.755. The maximum absolute atomic E-state index is 5.69. The molecule has 0 saturated heterocycles. The van der Waals surface area contributed by atoms with E-state index in [0.717, 1.165) is 23.7 Å². The minimum absolute atomic E-state index is 0.431. The van der Waals surface area contributed by atoms with E-state index < -0.39 is 0 Å². The van der Waals surface area contributed by atoms with E-state index >= 15 is 0 Å². The van der Waals surface area contributed by atoms with E-state index in [9.17, 15) is 0 Å². The Morgan fingerprint density at radius 2 is 2.06 bits per heavy atom. The predicted molar refractivity (Wildman–Crippen MR) is 70.3 cm³/mol. The molecule has 2 rings (SSSR count). The number of halogens is 1. The third-order valence-corrected chi connectivity index (χ3v) is 2.77. The normalized spacial score (nSPS) is 10.3. The second-order valence-electron chi connectivity index (χ2n) is 3.74. The Kier molecular flexibility index (Phi) is 4.47. The molecule has 0 N–H and O–H groups in total. The Labute approximate surface area is 111 Å². The molecular formula is C13H15ClN2O2. The number of benzene rings is 1. The second kappa shape index (κ2) is 6.31. The van der Waals surface area contributed by atoms with E-state index in [1.165, 1.54) is 0 Å². The van der Waals surface area contributed by atoms with Crippen molar-refractivity contribution in [1.82, 2.24) is 9.55 Å². The lowest BCUT2D eigenvalue weighted by Gasteiger charge is -2.10. The monoisotopic (exact) mass is 266 g/mol. The van der Waals surface area contributed by atoms with Gasteiger partial charge >= 0.3 is 0 Å². The van der Waals surface area contributed by atoms with Gasteiger partial charge in [-0.15, -0.1) is 11.6 Å². The first-order chi connectivity index (χ1) is 8.83. The third kappa shape index (κ3) is 3.17. The fourth-order valence-electron chi connectivity index (χ4n) is 1.60. The lowest BCUT2D eigenvalue weighted by atomic mass is 10.3. The summed E-state index contributed by atoms with van der Waals surface area (Å²) >= 11 is 5.69. The van der Waals surface area contributed by atoms with Crippen LogP contribution in [0.1, 0.15) is 5.69 Å². The standard InChI is InChI=1S/C13H15ClN2O2/c1-17-12-4-2-3-5-13(12)18-7-6-16-9-11(8-14)15-10-16/h2-5,9-10H,6-8H2,1H3. The molecular weight excluding hydrogens is 252 g/mol. The molecule has 1 aromatic heterocycles. The van der Waals surface area contributed by atoms with Gasteiger partial charge in [-0.2, -0.15) is 0 Å². The largest absolute Gasteiger partial charge is 0.493 e. The van der Waals surface area contributed by atoms with Gasteiger partial charge in [0.25, 0.3) is 0 Å². The van der Waals surface area contributed by atoms with Crippen LogP contribution in [0.25, 0.3) is 0 Å². The highest BCUT2D eigenvalue weighted by molar-refractivity contribution is 6.16. The number of ether oxygens (including phenoxy) is 2. The van der Waals surface area contributed by atoms with Gasteiger partial charge in [0.2, 0.25) is 0 Å². The molecule has 96 valence electrons. The second-order valence-corrected chi connectivity index (χ2v) is 4.00. The fourth-order valence-corrected chi connectivity index (χ4v) is 1.73. The number of imidazole rings is 1. The number of para-hydroxylation sites is 2. The fraction of sp³-hybridized carbons (Fsp3) is 0.308. The summed E-state index contributed by atoms with van der Waals surface area (Å²) in [5.41, 5.74) is 0.869. The first-order valence-electron chi connectivity index (χ1n) is 5.66. The molecule has 18 heavy (non-hydrogen) atoms. The molecule has 0 bridgehead atoms. The van der Waals surface area contributed by atoms with Crippen molar-refractivity contribution in [3.05, 3.63) is 42.5 Å². The zero-order chi connectivity index (χ0) is 12.8. The number of nitrogens with zero attached hydrogens (tertiary/aromatic N) is 2. The van der Waals surface area contributed by atoms with Crippen LogP contribution in [-0.2, 0) is 12.4 Å². The van der Waals surface area contributed by atoms with Crippen LogP contribution in [0.5, 0.6) is 11.5 Å². The molecule has 4 nitrogen and oxygen atoms in total. The Morgan fingerprint density at radius 3 is 2.72 bits per heavy atom. The maximum atomic E-state index is 5.69. The highest BCUT2D eigenvalue weighted by Crippen LogP contribution is 2.25. The van der Waals surface area contributed by atoms with Crippen LogP contribution < -0.4 is 9.47 Å². The van der Waals surface area contributed by atoms with Crippen molar-refractivity contribution in [3.63, 3.8) is 0 Å². The van der Waals surface area contributed by atoms with Gasteiger partial charge in [-0.25, -0.2) is 4.98 Å².